The van der Waals surface area contributed by atoms with Crippen molar-refractivity contribution in [1.29, 1.82) is 0 Å². The maximum Gasteiger partial charge on any atom is 0.255 e. The van der Waals surface area contributed by atoms with E-state index in [2.05, 4.69) is 5.32 Å². The molecule has 2 rings (SSSR count). The highest BCUT2D eigenvalue weighted by atomic mass is 35.5. The molecule has 0 bridgehead atoms. The Kier molecular flexibility index (Phi) is 7.82. The van der Waals surface area contributed by atoms with Gasteiger partial charge in [-0.05, 0) is 39.0 Å². The highest BCUT2D eigenvalue weighted by Gasteiger charge is 2.28. The predicted molar refractivity (Wildman–Crippen MR) is 106 cm³/mol. The molecule has 0 atom stereocenters. The summed E-state index contributed by atoms with van der Waals surface area (Å²) in [5.74, 6) is -0.788. The molecule has 2 amide bonds. The second kappa shape index (κ2) is 9.69. The minimum absolute atomic E-state index is 0.00941. The van der Waals surface area contributed by atoms with Crippen LogP contribution in [0.25, 0.3) is 0 Å². The van der Waals surface area contributed by atoms with Gasteiger partial charge in [0.15, 0.2) is 0 Å². The molecule has 1 N–H and O–H groups in total. The van der Waals surface area contributed by atoms with Crippen LogP contribution in [0.2, 0.25) is 5.02 Å². The third-order valence-corrected chi connectivity index (χ3v) is 6.45. The van der Waals surface area contributed by atoms with Gasteiger partial charge in [0, 0.05) is 25.7 Å². The van der Waals surface area contributed by atoms with E-state index in [9.17, 15) is 18.0 Å². The molecule has 8 nitrogen and oxygen atoms in total. The van der Waals surface area contributed by atoms with Crippen LogP contribution in [0.4, 0.5) is 0 Å². The first kappa shape index (κ1) is 22.6. The summed E-state index contributed by atoms with van der Waals surface area (Å²) in [7, 11) is -3.76. The lowest BCUT2D eigenvalue weighted by Crippen LogP contribution is -2.43. The van der Waals surface area contributed by atoms with E-state index in [0.29, 0.717) is 13.2 Å². The summed E-state index contributed by atoms with van der Waals surface area (Å²) in [6.45, 7) is 6.70. The summed E-state index contributed by atoms with van der Waals surface area (Å²) in [5, 5.41) is 2.86. The van der Waals surface area contributed by atoms with Crippen molar-refractivity contribution in [3.05, 3.63) is 28.8 Å². The van der Waals surface area contributed by atoms with Crippen molar-refractivity contribution in [2.45, 2.75) is 31.7 Å². The molecule has 0 unspecified atom stereocenters. The molecule has 1 heterocycles. The number of benzene rings is 1. The first-order valence-electron chi connectivity index (χ1n) is 9.13. The molecule has 1 aromatic rings. The predicted octanol–water partition coefficient (Wildman–Crippen LogP) is 1.35. The molecule has 1 saturated heterocycles. The summed E-state index contributed by atoms with van der Waals surface area (Å²) in [6.07, 6.45) is 0. The highest BCUT2D eigenvalue weighted by molar-refractivity contribution is 7.89. The van der Waals surface area contributed by atoms with E-state index in [1.54, 1.807) is 6.92 Å². The molecule has 10 heteroatoms. The molecule has 0 radical (unpaired) electrons. The molecular formula is C18H26ClN3O5S. The standard InChI is InChI=1S/C18H26ClN3O5S/c1-4-21(12-17(23)20-13(2)3)18(24)15-11-14(5-6-16(15)19)28(25,26)22-7-9-27-10-8-22/h5-6,11,13H,4,7-10,12H2,1-3H3,(H,20,23). The maximum absolute atomic E-state index is 12.9. The Bertz CT molecular complexity index is 823. The van der Waals surface area contributed by atoms with E-state index < -0.39 is 15.9 Å². The molecule has 0 saturated carbocycles. The third-order valence-electron chi connectivity index (χ3n) is 4.23. The Balaban J connectivity index is 2.28. The van der Waals surface area contributed by atoms with Crippen LogP contribution in [0, 0.1) is 0 Å². The van der Waals surface area contributed by atoms with Crippen molar-refractivity contribution in [2.24, 2.45) is 0 Å². The fourth-order valence-corrected chi connectivity index (χ4v) is 4.44. The SMILES string of the molecule is CCN(CC(=O)NC(C)C)C(=O)c1cc(S(=O)(=O)N2CCOCC2)ccc1Cl. The van der Waals surface area contributed by atoms with Crippen LogP contribution in [-0.2, 0) is 19.6 Å². The monoisotopic (exact) mass is 431 g/mol. The first-order valence-corrected chi connectivity index (χ1v) is 10.9. The topological polar surface area (TPSA) is 96.0 Å². The van der Waals surface area contributed by atoms with Crippen LogP contribution in [0.15, 0.2) is 23.1 Å². The largest absolute Gasteiger partial charge is 0.379 e. The van der Waals surface area contributed by atoms with Crippen LogP contribution < -0.4 is 5.32 Å². The number of ether oxygens (including phenoxy) is 1. The van der Waals surface area contributed by atoms with E-state index in [4.69, 9.17) is 16.3 Å². The Morgan fingerprint density at radius 3 is 2.50 bits per heavy atom. The number of likely N-dealkylation sites (N-methyl/N-ethyl adjacent to an activating group) is 1. The summed E-state index contributed by atoms with van der Waals surface area (Å²) < 4.78 is 32.2. The Morgan fingerprint density at radius 1 is 1.29 bits per heavy atom. The lowest BCUT2D eigenvalue weighted by Gasteiger charge is -2.26. The molecule has 1 fully saturated rings. The van der Waals surface area contributed by atoms with Crippen LogP contribution >= 0.6 is 11.6 Å². The molecular weight excluding hydrogens is 406 g/mol. The van der Waals surface area contributed by atoms with Gasteiger partial charge in [0.25, 0.3) is 5.91 Å². The van der Waals surface area contributed by atoms with Crippen molar-refractivity contribution in [3.8, 4) is 0 Å². The molecule has 156 valence electrons. The fraction of sp³-hybridized carbons (Fsp3) is 0.556. The van der Waals surface area contributed by atoms with Gasteiger partial charge in [-0.1, -0.05) is 11.6 Å². The highest BCUT2D eigenvalue weighted by Crippen LogP contribution is 2.24. The number of carbonyl (C=O) groups is 2. The number of amides is 2. The van der Waals surface area contributed by atoms with Crippen LogP contribution in [-0.4, -0.2) is 74.9 Å². The van der Waals surface area contributed by atoms with Crippen molar-refractivity contribution < 1.29 is 22.7 Å². The van der Waals surface area contributed by atoms with Crippen molar-refractivity contribution in [3.63, 3.8) is 0 Å². The van der Waals surface area contributed by atoms with Crippen LogP contribution in [0.5, 0.6) is 0 Å². The number of halogens is 1. The molecule has 0 aliphatic carbocycles. The minimum Gasteiger partial charge on any atom is -0.379 e. The quantitative estimate of drug-likeness (QED) is 0.703. The number of nitrogens with zero attached hydrogens (tertiary/aromatic N) is 2. The number of hydrogen-bond acceptors (Lipinski definition) is 5. The van der Waals surface area contributed by atoms with Gasteiger partial charge in [0.2, 0.25) is 15.9 Å². The van der Waals surface area contributed by atoms with E-state index in [1.165, 1.54) is 27.4 Å². The Labute approximate surface area is 170 Å². The van der Waals surface area contributed by atoms with Gasteiger partial charge >= 0.3 is 0 Å². The number of carbonyl (C=O) groups excluding carboxylic acids is 2. The lowest BCUT2D eigenvalue weighted by molar-refractivity contribution is -0.122. The van der Waals surface area contributed by atoms with E-state index >= 15 is 0 Å². The van der Waals surface area contributed by atoms with E-state index in [-0.39, 0.29) is 53.6 Å². The Morgan fingerprint density at radius 2 is 1.93 bits per heavy atom. The summed E-state index contributed by atoms with van der Waals surface area (Å²) in [6, 6.07) is 4.00. The zero-order valence-corrected chi connectivity index (χ0v) is 17.8. The van der Waals surface area contributed by atoms with Crippen LogP contribution in [0.1, 0.15) is 31.1 Å². The van der Waals surface area contributed by atoms with Gasteiger partial charge < -0.3 is 15.0 Å². The average Bonchev–Trinajstić information content (AvgIpc) is 2.66. The minimum atomic E-state index is -3.76. The van der Waals surface area contributed by atoms with Gasteiger partial charge in [0.1, 0.15) is 0 Å². The number of nitrogens with one attached hydrogen (secondary N) is 1. The number of rotatable bonds is 7. The lowest BCUT2D eigenvalue weighted by atomic mass is 10.2. The van der Waals surface area contributed by atoms with Crippen molar-refractivity contribution in [1.82, 2.24) is 14.5 Å². The van der Waals surface area contributed by atoms with Crippen molar-refractivity contribution >= 4 is 33.4 Å². The van der Waals surface area contributed by atoms with Gasteiger partial charge in [-0.15, -0.1) is 0 Å². The van der Waals surface area contributed by atoms with Gasteiger partial charge in [-0.3, -0.25) is 9.59 Å². The van der Waals surface area contributed by atoms with Gasteiger partial charge in [0.05, 0.1) is 35.2 Å². The van der Waals surface area contributed by atoms with Crippen molar-refractivity contribution in [2.75, 3.05) is 39.4 Å². The molecule has 1 aromatic carbocycles. The molecule has 1 aliphatic heterocycles. The molecule has 1 aliphatic rings. The normalized spacial score (nSPS) is 15.5. The summed E-state index contributed by atoms with van der Waals surface area (Å²) in [5.41, 5.74) is 0.0511. The summed E-state index contributed by atoms with van der Waals surface area (Å²) >= 11 is 6.17. The number of hydrogen-bond donors (Lipinski definition) is 1. The third kappa shape index (κ3) is 5.44. The number of sulfonamides is 1. The van der Waals surface area contributed by atoms with Crippen LogP contribution in [0.3, 0.4) is 0 Å². The van der Waals surface area contributed by atoms with E-state index in [0.717, 1.165) is 0 Å². The van der Waals surface area contributed by atoms with Gasteiger partial charge in [-0.25, -0.2) is 8.42 Å². The smallest absolute Gasteiger partial charge is 0.255 e. The molecule has 0 spiro atoms. The number of morpholine rings is 1. The maximum atomic E-state index is 12.9. The second-order valence-corrected chi connectivity index (χ2v) is 9.04. The average molecular weight is 432 g/mol. The fourth-order valence-electron chi connectivity index (χ4n) is 2.80. The Hall–Kier alpha value is -1.68. The summed E-state index contributed by atoms with van der Waals surface area (Å²) in [4.78, 5) is 26.2. The van der Waals surface area contributed by atoms with E-state index in [1.807, 2.05) is 13.8 Å². The first-order chi connectivity index (χ1) is 13.2. The molecule has 0 aromatic heterocycles. The van der Waals surface area contributed by atoms with Gasteiger partial charge in [-0.2, -0.15) is 4.31 Å². The molecule has 28 heavy (non-hydrogen) atoms. The second-order valence-electron chi connectivity index (χ2n) is 6.70. The zero-order chi connectivity index (χ0) is 20.9. The zero-order valence-electron chi connectivity index (χ0n) is 16.3.